The smallest absolute Gasteiger partial charge is 0.306 e. The molecular weight excluding hydrogens is 238 g/mol. The summed E-state index contributed by atoms with van der Waals surface area (Å²) in [5.74, 6) is 0.212. The van der Waals surface area contributed by atoms with Crippen LogP contribution in [-0.4, -0.2) is 23.2 Å². The van der Waals surface area contributed by atoms with Crippen molar-refractivity contribution in [2.75, 3.05) is 0 Å². The van der Waals surface area contributed by atoms with E-state index in [-0.39, 0.29) is 5.92 Å². The van der Waals surface area contributed by atoms with E-state index in [9.17, 15) is 4.79 Å². The Morgan fingerprint density at radius 2 is 1.79 bits per heavy atom. The molecule has 4 unspecified atom stereocenters. The fourth-order valence-electron chi connectivity index (χ4n) is 3.85. The molecule has 2 N–H and O–H groups in total. The van der Waals surface area contributed by atoms with Gasteiger partial charge in [-0.1, -0.05) is 32.6 Å². The van der Waals surface area contributed by atoms with Gasteiger partial charge in [0.25, 0.3) is 0 Å². The van der Waals surface area contributed by atoms with E-state index in [4.69, 9.17) is 5.11 Å². The summed E-state index contributed by atoms with van der Waals surface area (Å²) in [7, 11) is 0. The van der Waals surface area contributed by atoms with Gasteiger partial charge in [0.1, 0.15) is 0 Å². The topological polar surface area (TPSA) is 49.3 Å². The molecular formula is C16H29NO2. The first-order chi connectivity index (χ1) is 9.19. The largest absolute Gasteiger partial charge is 0.481 e. The Kier molecular flexibility index (Phi) is 5.68. The highest BCUT2D eigenvalue weighted by Crippen LogP contribution is 2.28. The van der Waals surface area contributed by atoms with Gasteiger partial charge in [0.2, 0.25) is 0 Å². The molecule has 2 rings (SSSR count). The average molecular weight is 267 g/mol. The third-order valence-electron chi connectivity index (χ3n) is 5.16. The fraction of sp³-hybridized carbons (Fsp3) is 0.938. The van der Waals surface area contributed by atoms with Gasteiger partial charge in [-0.3, -0.25) is 4.79 Å². The quantitative estimate of drug-likeness (QED) is 0.765. The molecule has 2 saturated carbocycles. The second-order valence-corrected chi connectivity index (χ2v) is 6.54. The molecule has 0 radical (unpaired) electrons. The number of nitrogens with one attached hydrogen (secondary N) is 1. The van der Waals surface area contributed by atoms with E-state index in [0.29, 0.717) is 12.1 Å². The molecule has 0 aromatic heterocycles. The maximum absolute atomic E-state index is 11.1. The lowest BCUT2D eigenvalue weighted by molar-refractivity contribution is -0.143. The highest BCUT2D eigenvalue weighted by Gasteiger charge is 2.28. The Bertz CT molecular complexity index is 292. The van der Waals surface area contributed by atoms with Crippen LogP contribution in [0.5, 0.6) is 0 Å². The predicted molar refractivity (Wildman–Crippen MR) is 77.2 cm³/mol. The summed E-state index contributed by atoms with van der Waals surface area (Å²) in [6.45, 7) is 2.30. The molecule has 0 amide bonds. The number of carbonyl (C=O) groups is 1. The second kappa shape index (κ2) is 7.28. The van der Waals surface area contributed by atoms with Crippen molar-refractivity contribution in [3.8, 4) is 0 Å². The number of carboxylic acids is 1. The standard InChI is InChI=1S/C16H29NO2/c1-2-12-5-3-7-14(10-9-12)17-15-8-4-6-13(11-15)16(18)19/h12-15,17H,2-11H2,1H3,(H,18,19). The van der Waals surface area contributed by atoms with Crippen LogP contribution in [-0.2, 0) is 4.79 Å². The maximum atomic E-state index is 11.1. The van der Waals surface area contributed by atoms with E-state index in [2.05, 4.69) is 12.2 Å². The van der Waals surface area contributed by atoms with Crippen LogP contribution in [0.4, 0.5) is 0 Å². The Morgan fingerprint density at radius 1 is 1.05 bits per heavy atom. The van der Waals surface area contributed by atoms with E-state index >= 15 is 0 Å². The van der Waals surface area contributed by atoms with Gasteiger partial charge in [-0.2, -0.15) is 0 Å². The first kappa shape index (κ1) is 14.8. The van der Waals surface area contributed by atoms with Gasteiger partial charge >= 0.3 is 5.97 Å². The highest BCUT2D eigenvalue weighted by molar-refractivity contribution is 5.70. The number of hydrogen-bond acceptors (Lipinski definition) is 2. The van der Waals surface area contributed by atoms with Gasteiger partial charge in [-0.25, -0.2) is 0 Å². The van der Waals surface area contributed by atoms with Crippen LogP contribution in [0.2, 0.25) is 0 Å². The molecule has 0 aromatic rings. The van der Waals surface area contributed by atoms with Gasteiger partial charge in [-0.15, -0.1) is 0 Å². The van der Waals surface area contributed by atoms with Crippen molar-refractivity contribution < 1.29 is 9.90 Å². The van der Waals surface area contributed by atoms with E-state index in [1.165, 1.54) is 38.5 Å². The van der Waals surface area contributed by atoms with E-state index in [1.54, 1.807) is 0 Å². The Balaban J connectivity index is 1.78. The van der Waals surface area contributed by atoms with E-state index in [0.717, 1.165) is 31.6 Å². The minimum atomic E-state index is -0.599. The van der Waals surface area contributed by atoms with Gasteiger partial charge < -0.3 is 10.4 Å². The minimum absolute atomic E-state index is 0.111. The normalized spacial score (nSPS) is 36.7. The van der Waals surface area contributed by atoms with Crippen LogP contribution in [0, 0.1) is 11.8 Å². The fourth-order valence-corrected chi connectivity index (χ4v) is 3.85. The van der Waals surface area contributed by atoms with Crippen LogP contribution in [0.3, 0.4) is 0 Å². The molecule has 3 nitrogen and oxygen atoms in total. The monoisotopic (exact) mass is 267 g/mol. The zero-order valence-corrected chi connectivity index (χ0v) is 12.2. The molecule has 0 aliphatic heterocycles. The number of hydrogen-bond donors (Lipinski definition) is 2. The van der Waals surface area contributed by atoms with Crippen LogP contribution < -0.4 is 5.32 Å². The SMILES string of the molecule is CCC1CCCC(NC2CCCC(C(=O)O)C2)CC1. The number of aliphatic carboxylic acids is 1. The maximum Gasteiger partial charge on any atom is 0.306 e. The third kappa shape index (κ3) is 4.48. The summed E-state index contributed by atoms with van der Waals surface area (Å²) in [6.07, 6.45) is 11.9. The zero-order valence-electron chi connectivity index (χ0n) is 12.2. The molecule has 3 heteroatoms. The number of rotatable bonds is 4. The van der Waals surface area contributed by atoms with Crippen molar-refractivity contribution in [3.05, 3.63) is 0 Å². The lowest BCUT2D eigenvalue weighted by Gasteiger charge is -2.31. The summed E-state index contributed by atoms with van der Waals surface area (Å²) < 4.78 is 0. The van der Waals surface area contributed by atoms with E-state index in [1.807, 2.05) is 0 Å². The molecule has 0 heterocycles. The Hall–Kier alpha value is -0.570. The second-order valence-electron chi connectivity index (χ2n) is 6.54. The molecule has 0 saturated heterocycles. The first-order valence-corrected chi connectivity index (χ1v) is 8.18. The lowest BCUT2D eigenvalue weighted by Crippen LogP contribution is -2.42. The van der Waals surface area contributed by atoms with Crippen molar-refractivity contribution >= 4 is 5.97 Å². The molecule has 110 valence electrons. The van der Waals surface area contributed by atoms with Crippen LogP contribution in [0.1, 0.15) is 71.1 Å². The molecule has 0 aromatic carbocycles. The Labute approximate surface area is 117 Å². The van der Waals surface area contributed by atoms with Crippen molar-refractivity contribution in [2.45, 2.75) is 83.2 Å². The molecule has 2 fully saturated rings. The summed E-state index contributed by atoms with van der Waals surface area (Å²) >= 11 is 0. The van der Waals surface area contributed by atoms with Gasteiger partial charge in [0, 0.05) is 12.1 Å². The van der Waals surface area contributed by atoms with Crippen molar-refractivity contribution in [2.24, 2.45) is 11.8 Å². The van der Waals surface area contributed by atoms with Crippen LogP contribution >= 0.6 is 0 Å². The van der Waals surface area contributed by atoms with Crippen LogP contribution in [0.25, 0.3) is 0 Å². The minimum Gasteiger partial charge on any atom is -0.481 e. The summed E-state index contributed by atoms with van der Waals surface area (Å²) in [4.78, 5) is 11.1. The summed E-state index contributed by atoms with van der Waals surface area (Å²) in [5, 5.41) is 12.9. The average Bonchev–Trinajstić information content (AvgIpc) is 2.64. The first-order valence-electron chi connectivity index (χ1n) is 8.18. The van der Waals surface area contributed by atoms with Gasteiger partial charge in [-0.05, 0) is 44.4 Å². The van der Waals surface area contributed by atoms with Gasteiger partial charge in [0.05, 0.1) is 5.92 Å². The zero-order chi connectivity index (χ0) is 13.7. The van der Waals surface area contributed by atoms with Crippen molar-refractivity contribution in [3.63, 3.8) is 0 Å². The van der Waals surface area contributed by atoms with Crippen LogP contribution in [0.15, 0.2) is 0 Å². The molecule has 2 aliphatic rings. The van der Waals surface area contributed by atoms with Crippen molar-refractivity contribution in [1.29, 1.82) is 0 Å². The predicted octanol–water partition coefficient (Wildman–Crippen LogP) is 3.58. The van der Waals surface area contributed by atoms with Gasteiger partial charge in [0.15, 0.2) is 0 Å². The molecule has 0 spiro atoms. The third-order valence-corrected chi connectivity index (χ3v) is 5.16. The molecule has 4 atom stereocenters. The van der Waals surface area contributed by atoms with E-state index < -0.39 is 5.97 Å². The lowest BCUT2D eigenvalue weighted by atomic mass is 9.85. The summed E-state index contributed by atoms with van der Waals surface area (Å²) in [6, 6.07) is 1.08. The molecule has 0 bridgehead atoms. The summed E-state index contributed by atoms with van der Waals surface area (Å²) in [5.41, 5.74) is 0. The highest BCUT2D eigenvalue weighted by atomic mass is 16.4. The number of carboxylic acid groups (broad SMARTS) is 1. The molecule has 19 heavy (non-hydrogen) atoms. The Morgan fingerprint density at radius 3 is 2.53 bits per heavy atom. The molecule has 2 aliphatic carbocycles. The van der Waals surface area contributed by atoms with Crippen molar-refractivity contribution in [1.82, 2.24) is 5.32 Å².